The van der Waals surface area contributed by atoms with Crippen LogP contribution in [-0.4, -0.2) is 60.8 Å². The summed E-state index contributed by atoms with van der Waals surface area (Å²) in [7, 11) is 0. The fourth-order valence-electron chi connectivity index (χ4n) is 4.49. The van der Waals surface area contributed by atoms with Gasteiger partial charge in [-0.25, -0.2) is 0 Å². The number of rotatable bonds is 20. The number of carbonyl (C=O) groups excluding carboxylic acids is 5. The van der Waals surface area contributed by atoms with Crippen molar-refractivity contribution in [3.63, 3.8) is 0 Å². The molecule has 0 unspecified atom stereocenters. The van der Waals surface area contributed by atoms with Gasteiger partial charge in [-0.15, -0.1) is 0 Å². The lowest BCUT2D eigenvalue weighted by Gasteiger charge is -2.25. The molecule has 0 bridgehead atoms. The number of carbonyl (C=O) groups is 5. The van der Waals surface area contributed by atoms with E-state index in [2.05, 4.69) is 28.2 Å². The highest BCUT2D eigenvalue weighted by Crippen LogP contribution is 2.09. The van der Waals surface area contributed by atoms with E-state index in [4.69, 9.17) is 11.5 Å². The largest absolute Gasteiger partial charge is 0.370 e. The first-order chi connectivity index (χ1) is 20.7. The van der Waals surface area contributed by atoms with Gasteiger partial charge in [-0.1, -0.05) is 74.7 Å². The molecular formula is C32H46N6O5. The van der Waals surface area contributed by atoms with Gasteiger partial charge in [0.1, 0.15) is 18.1 Å². The van der Waals surface area contributed by atoms with Crippen LogP contribution < -0.4 is 32.7 Å². The van der Waals surface area contributed by atoms with Crippen molar-refractivity contribution in [3.8, 4) is 0 Å². The van der Waals surface area contributed by atoms with Crippen molar-refractivity contribution in [2.45, 2.75) is 82.8 Å². The van der Waals surface area contributed by atoms with E-state index in [0.717, 1.165) is 31.2 Å². The lowest BCUT2D eigenvalue weighted by atomic mass is 10.0. The van der Waals surface area contributed by atoms with Gasteiger partial charge < -0.3 is 32.7 Å². The average molecular weight is 595 g/mol. The number of benzene rings is 2. The van der Waals surface area contributed by atoms with Gasteiger partial charge in [0.25, 0.3) is 5.91 Å². The van der Waals surface area contributed by atoms with E-state index in [1.165, 1.54) is 0 Å². The molecule has 5 amide bonds. The van der Waals surface area contributed by atoms with Crippen molar-refractivity contribution in [2.24, 2.45) is 11.5 Å². The quantitative estimate of drug-likeness (QED) is 0.127. The van der Waals surface area contributed by atoms with Gasteiger partial charge in [0.15, 0.2) is 0 Å². The Labute approximate surface area is 253 Å². The van der Waals surface area contributed by atoms with Crippen LogP contribution in [0.2, 0.25) is 0 Å². The third kappa shape index (κ3) is 13.5. The Kier molecular flexibility index (Phi) is 16.1. The maximum Gasteiger partial charge on any atom is 0.251 e. The predicted octanol–water partition coefficient (Wildman–Crippen LogP) is 1.70. The summed E-state index contributed by atoms with van der Waals surface area (Å²) in [6.07, 6.45) is 4.98. The Morgan fingerprint density at radius 1 is 0.698 bits per heavy atom. The van der Waals surface area contributed by atoms with E-state index in [9.17, 15) is 24.0 Å². The number of primary amides is 1. The van der Waals surface area contributed by atoms with Crippen LogP contribution in [0.1, 0.15) is 74.2 Å². The van der Waals surface area contributed by atoms with Crippen LogP contribution in [-0.2, 0) is 25.6 Å². The summed E-state index contributed by atoms with van der Waals surface area (Å²) in [6.45, 7) is 2.89. The highest BCUT2D eigenvalue weighted by molar-refractivity contribution is 5.99. The number of amides is 5. The van der Waals surface area contributed by atoms with Crippen molar-refractivity contribution in [3.05, 3.63) is 71.8 Å². The molecule has 11 nitrogen and oxygen atoms in total. The van der Waals surface area contributed by atoms with Gasteiger partial charge in [0.2, 0.25) is 23.6 Å². The number of hydrogen-bond acceptors (Lipinski definition) is 6. The summed E-state index contributed by atoms with van der Waals surface area (Å²) in [5, 5.41) is 10.9. The van der Waals surface area contributed by atoms with Gasteiger partial charge in [0, 0.05) is 18.5 Å². The highest BCUT2D eigenvalue weighted by Gasteiger charge is 2.30. The average Bonchev–Trinajstić information content (AvgIpc) is 3.00. The third-order valence-electron chi connectivity index (χ3n) is 6.89. The molecule has 0 heterocycles. The molecule has 0 aliphatic heterocycles. The first-order valence-electron chi connectivity index (χ1n) is 15.0. The van der Waals surface area contributed by atoms with Crippen LogP contribution in [0.25, 0.3) is 0 Å². The monoisotopic (exact) mass is 594 g/mol. The molecule has 3 atom stereocenters. The minimum absolute atomic E-state index is 0.188. The summed E-state index contributed by atoms with van der Waals surface area (Å²) in [5.41, 5.74) is 12.2. The van der Waals surface area contributed by atoms with E-state index in [1.54, 1.807) is 30.3 Å². The SMILES string of the molecule is CCCCCCNC(=O)[C@H](CC(N)=O)NC(=O)[C@H](CCCCN)NC(=O)[C@H](Cc1ccccc1)NC(=O)c1ccccc1. The highest BCUT2D eigenvalue weighted by atomic mass is 16.2. The molecule has 11 heteroatoms. The lowest BCUT2D eigenvalue weighted by Crippen LogP contribution is -2.57. The molecule has 2 aromatic rings. The Bertz CT molecular complexity index is 1160. The Morgan fingerprint density at radius 3 is 1.95 bits per heavy atom. The molecule has 2 aromatic carbocycles. The molecule has 234 valence electrons. The van der Waals surface area contributed by atoms with Gasteiger partial charge in [0.05, 0.1) is 6.42 Å². The summed E-state index contributed by atoms with van der Waals surface area (Å²) < 4.78 is 0. The maximum absolute atomic E-state index is 13.6. The van der Waals surface area contributed by atoms with E-state index in [1.807, 2.05) is 30.3 Å². The van der Waals surface area contributed by atoms with E-state index < -0.39 is 47.7 Å². The molecule has 0 aliphatic carbocycles. The molecule has 8 N–H and O–H groups in total. The Hall–Kier alpha value is -4.25. The number of nitrogens with one attached hydrogen (secondary N) is 4. The second-order valence-electron chi connectivity index (χ2n) is 10.5. The molecule has 0 spiro atoms. The van der Waals surface area contributed by atoms with Crippen LogP contribution in [0, 0.1) is 0 Å². The van der Waals surface area contributed by atoms with Gasteiger partial charge in [-0.3, -0.25) is 24.0 Å². The maximum atomic E-state index is 13.6. The normalized spacial score (nSPS) is 12.8. The third-order valence-corrected chi connectivity index (χ3v) is 6.89. The van der Waals surface area contributed by atoms with Crippen molar-refractivity contribution < 1.29 is 24.0 Å². The van der Waals surface area contributed by atoms with Crippen molar-refractivity contribution in [1.82, 2.24) is 21.3 Å². The zero-order chi connectivity index (χ0) is 31.5. The van der Waals surface area contributed by atoms with Crippen molar-refractivity contribution in [1.29, 1.82) is 0 Å². The summed E-state index contributed by atoms with van der Waals surface area (Å²) in [5.74, 6) is -2.90. The Morgan fingerprint density at radius 2 is 1.33 bits per heavy atom. The summed E-state index contributed by atoms with van der Waals surface area (Å²) in [4.78, 5) is 64.6. The smallest absolute Gasteiger partial charge is 0.251 e. The number of unbranched alkanes of at least 4 members (excludes halogenated alkanes) is 4. The minimum Gasteiger partial charge on any atom is -0.370 e. The van der Waals surface area contributed by atoms with Crippen LogP contribution in [0.4, 0.5) is 0 Å². The molecular weight excluding hydrogens is 548 g/mol. The number of nitrogens with two attached hydrogens (primary N) is 2. The zero-order valence-corrected chi connectivity index (χ0v) is 25.0. The molecule has 2 rings (SSSR count). The fraction of sp³-hybridized carbons (Fsp3) is 0.469. The molecule has 0 aromatic heterocycles. The first-order valence-corrected chi connectivity index (χ1v) is 15.0. The zero-order valence-electron chi connectivity index (χ0n) is 25.0. The van der Waals surface area contributed by atoms with E-state index >= 15 is 0 Å². The minimum atomic E-state index is -1.19. The molecule has 0 fully saturated rings. The first kappa shape index (κ1) is 34.9. The van der Waals surface area contributed by atoms with Crippen LogP contribution in [0.5, 0.6) is 0 Å². The molecule has 0 saturated heterocycles. The fourth-order valence-corrected chi connectivity index (χ4v) is 4.49. The summed E-state index contributed by atoms with van der Waals surface area (Å²) >= 11 is 0. The second kappa shape index (κ2) is 19.8. The lowest BCUT2D eigenvalue weighted by molar-refractivity contribution is -0.134. The van der Waals surface area contributed by atoms with Crippen LogP contribution in [0.3, 0.4) is 0 Å². The van der Waals surface area contributed by atoms with Crippen LogP contribution >= 0.6 is 0 Å². The van der Waals surface area contributed by atoms with Crippen molar-refractivity contribution in [2.75, 3.05) is 13.1 Å². The molecule has 0 saturated carbocycles. The van der Waals surface area contributed by atoms with E-state index in [-0.39, 0.29) is 19.3 Å². The second-order valence-corrected chi connectivity index (χ2v) is 10.5. The van der Waals surface area contributed by atoms with Gasteiger partial charge in [-0.05, 0) is 49.9 Å². The van der Waals surface area contributed by atoms with Crippen molar-refractivity contribution >= 4 is 29.5 Å². The van der Waals surface area contributed by atoms with Gasteiger partial charge in [-0.2, -0.15) is 0 Å². The number of hydrogen-bond donors (Lipinski definition) is 6. The summed E-state index contributed by atoms with van der Waals surface area (Å²) in [6, 6.07) is 14.5. The topological polar surface area (TPSA) is 186 Å². The van der Waals surface area contributed by atoms with E-state index in [0.29, 0.717) is 31.5 Å². The molecule has 0 radical (unpaired) electrons. The molecule has 0 aliphatic rings. The van der Waals surface area contributed by atoms with Gasteiger partial charge >= 0.3 is 0 Å². The predicted molar refractivity (Wildman–Crippen MR) is 166 cm³/mol. The molecule has 43 heavy (non-hydrogen) atoms. The standard InChI is InChI=1S/C32H46N6O5/c1-2-3-4-13-20-35-30(41)27(22-28(34)39)38-31(42)25(18-11-12-19-33)36-32(43)26(21-23-14-7-5-8-15-23)37-29(40)24-16-9-6-10-17-24/h5-10,14-17,25-27H,2-4,11-13,18-22,33H2,1H3,(H2,34,39)(H,35,41)(H,36,43)(H,37,40)(H,38,42)/t25-,26-,27-/m0/s1. The Balaban J connectivity index is 2.20. The van der Waals surface area contributed by atoms with Crippen LogP contribution in [0.15, 0.2) is 60.7 Å².